The Hall–Kier alpha value is 0.400. The van der Waals surface area contributed by atoms with Crippen LogP contribution in [0.5, 0.6) is 0 Å². The van der Waals surface area contributed by atoms with Crippen molar-refractivity contribution in [2.75, 3.05) is 0 Å². The highest BCUT2D eigenvalue weighted by Crippen LogP contribution is 2.48. The van der Waals surface area contributed by atoms with Crippen molar-refractivity contribution >= 4 is 19.7 Å². The fraction of sp³-hybridized carbons (Fsp3) is 1.00. The molecule has 0 aliphatic carbocycles. The summed E-state index contributed by atoms with van der Waals surface area (Å²) in [5.41, 5.74) is -0.737. The number of phosphoric acid groups is 1. The maximum absolute atomic E-state index is 10.6. The number of hydrogen-bond acceptors (Lipinski definition) is 3. The zero-order valence-corrected chi connectivity index (χ0v) is 7.65. The molecule has 0 heterocycles. The molecule has 10 heavy (non-hydrogen) atoms. The minimum absolute atomic E-state index is 0.737. The van der Waals surface area contributed by atoms with Crippen molar-refractivity contribution in [1.82, 2.24) is 0 Å². The van der Waals surface area contributed by atoms with Crippen LogP contribution in [0.3, 0.4) is 0 Å². The SMILES string of the molecule is CC(C)(C)OP(=O)(O)OCl. The second-order valence-electron chi connectivity index (χ2n) is 2.74. The van der Waals surface area contributed by atoms with E-state index < -0.39 is 13.4 Å². The van der Waals surface area contributed by atoms with Gasteiger partial charge in [0, 0.05) is 0 Å². The summed E-state index contributed by atoms with van der Waals surface area (Å²) in [5, 5.41) is 0. The topological polar surface area (TPSA) is 55.8 Å². The molecule has 0 rings (SSSR count). The Kier molecular flexibility index (Phi) is 3.33. The van der Waals surface area contributed by atoms with E-state index in [4.69, 9.17) is 4.89 Å². The third kappa shape index (κ3) is 5.21. The van der Waals surface area contributed by atoms with Crippen LogP contribution in [0.15, 0.2) is 0 Å². The maximum atomic E-state index is 10.6. The molecule has 0 bridgehead atoms. The second-order valence-corrected chi connectivity index (χ2v) is 4.41. The van der Waals surface area contributed by atoms with E-state index in [0.717, 1.165) is 0 Å². The number of hydrogen-bond donors (Lipinski definition) is 1. The highest BCUT2D eigenvalue weighted by Gasteiger charge is 2.28. The lowest BCUT2D eigenvalue weighted by molar-refractivity contribution is 0.0864. The summed E-state index contributed by atoms with van der Waals surface area (Å²) in [6.45, 7) is 4.85. The highest BCUT2D eigenvalue weighted by atomic mass is 35.5. The largest absolute Gasteiger partial charge is 0.489 e. The van der Waals surface area contributed by atoms with Gasteiger partial charge in [0.25, 0.3) is 0 Å². The first-order chi connectivity index (χ1) is 4.27. The van der Waals surface area contributed by atoms with Gasteiger partial charge in [0.2, 0.25) is 0 Å². The Morgan fingerprint density at radius 1 is 1.50 bits per heavy atom. The van der Waals surface area contributed by atoms with Crippen molar-refractivity contribution in [2.45, 2.75) is 26.4 Å². The zero-order chi connectivity index (χ0) is 8.41. The second kappa shape index (κ2) is 3.20. The third-order valence-corrected chi connectivity index (χ3v) is 1.95. The molecule has 0 saturated carbocycles. The van der Waals surface area contributed by atoms with E-state index in [-0.39, 0.29) is 0 Å². The van der Waals surface area contributed by atoms with Crippen LogP contribution < -0.4 is 0 Å². The first-order valence-electron chi connectivity index (χ1n) is 2.61. The lowest BCUT2D eigenvalue weighted by atomic mass is 10.2. The molecule has 4 nitrogen and oxygen atoms in total. The molecule has 1 atom stereocenters. The molecule has 1 N–H and O–H groups in total. The van der Waals surface area contributed by atoms with Gasteiger partial charge in [-0.2, -0.15) is 4.08 Å². The Balaban J connectivity index is 4.03. The van der Waals surface area contributed by atoms with E-state index in [0.29, 0.717) is 0 Å². The van der Waals surface area contributed by atoms with Crippen LogP contribution in [0.4, 0.5) is 0 Å². The minimum Gasteiger partial charge on any atom is -0.302 e. The molecule has 0 spiro atoms. The van der Waals surface area contributed by atoms with Crippen LogP contribution in [-0.4, -0.2) is 10.5 Å². The van der Waals surface area contributed by atoms with E-state index in [1.165, 1.54) is 0 Å². The van der Waals surface area contributed by atoms with Crippen molar-refractivity contribution in [3.63, 3.8) is 0 Å². The quantitative estimate of drug-likeness (QED) is 0.674. The molecule has 62 valence electrons. The summed E-state index contributed by atoms with van der Waals surface area (Å²) in [7, 11) is -4.03. The van der Waals surface area contributed by atoms with E-state index in [2.05, 4.69) is 20.5 Å². The monoisotopic (exact) mass is 188 g/mol. The van der Waals surface area contributed by atoms with E-state index in [9.17, 15) is 4.57 Å². The van der Waals surface area contributed by atoms with E-state index >= 15 is 0 Å². The smallest absolute Gasteiger partial charge is 0.302 e. The lowest BCUT2D eigenvalue weighted by Gasteiger charge is -2.20. The molecule has 0 aromatic rings. The summed E-state index contributed by atoms with van der Waals surface area (Å²) in [5.74, 6) is 0. The molecule has 0 aromatic carbocycles. The summed E-state index contributed by atoms with van der Waals surface area (Å²) >= 11 is 4.66. The molecule has 0 aromatic heterocycles. The van der Waals surface area contributed by atoms with Gasteiger partial charge in [0.05, 0.1) is 17.5 Å². The van der Waals surface area contributed by atoms with Crippen LogP contribution in [-0.2, 0) is 13.2 Å². The van der Waals surface area contributed by atoms with Gasteiger partial charge in [-0.1, -0.05) is 0 Å². The van der Waals surface area contributed by atoms with Crippen molar-refractivity contribution in [3.8, 4) is 0 Å². The van der Waals surface area contributed by atoms with Crippen LogP contribution in [0.1, 0.15) is 20.8 Å². The van der Waals surface area contributed by atoms with Crippen molar-refractivity contribution in [1.29, 1.82) is 0 Å². The standard InChI is InChI=1S/C4H10ClO4P/c1-4(2,3)8-10(6,7)9-5/h1-3H3,(H,6,7). The first-order valence-corrected chi connectivity index (χ1v) is 4.41. The Labute approximate surface area is 64.9 Å². The number of phosphoric ester groups is 1. The van der Waals surface area contributed by atoms with Gasteiger partial charge in [0.15, 0.2) is 0 Å². The molecule has 6 heteroatoms. The number of halogens is 1. The van der Waals surface area contributed by atoms with E-state index in [1.807, 2.05) is 0 Å². The lowest BCUT2D eigenvalue weighted by Crippen LogP contribution is -2.17. The molecule has 0 aliphatic heterocycles. The Morgan fingerprint density at radius 3 is 2.00 bits per heavy atom. The average molecular weight is 189 g/mol. The van der Waals surface area contributed by atoms with Crippen molar-refractivity contribution in [3.05, 3.63) is 0 Å². The van der Waals surface area contributed by atoms with Crippen LogP contribution in [0.2, 0.25) is 0 Å². The van der Waals surface area contributed by atoms with Crippen molar-refractivity contribution < 1.29 is 18.1 Å². The molecular weight excluding hydrogens is 178 g/mol. The van der Waals surface area contributed by atoms with Gasteiger partial charge in [0.1, 0.15) is 0 Å². The van der Waals surface area contributed by atoms with Gasteiger partial charge < -0.3 is 4.89 Å². The number of rotatable bonds is 2. The van der Waals surface area contributed by atoms with Crippen molar-refractivity contribution in [2.24, 2.45) is 0 Å². The predicted octanol–water partition coefficient (Wildman–Crippen LogP) is 2.07. The minimum atomic E-state index is -4.03. The van der Waals surface area contributed by atoms with Gasteiger partial charge in [-0.15, -0.1) is 0 Å². The summed E-state index contributed by atoms with van der Waals surface area (Å²) < 4.78 is 18.8. The molecule has 0 aliphatic rings. The molecular formula is C4H10ClO4P. The summed E-state index contributed by atoms with van der Waals surface area (Å²) in [6, 6.07) is 0. The summed E-state index contributed by atoms with van der Waals surface area (Å²) in [6.07, 6.45) is 0. The third-order valence-electron chi connectivity index (χ3n) is 0.476. The first kappa shape index (κ1) is 10.4. The highest BCUT2D eigenvalue weighted by molar-refractivity contribution is 7.48. The predicted molar refractivity (Wildman–Crippen MR) is 37.6 cm³/mol. The molecule has 0 fully saturated rings. The molecule has 0 saturated heterocycles. The van der Waals surface area contributed by atoms with Crippen LogP contribution in [0.25, 0.3) is 0 Å². The normalized spacial score (nSPS) is 18.5. The van der Waals surface area contributed by atoms with Gasteiger partial charge in [-0.05, 0) is 20.8 Å². The van der Waals surface area contributed by atoms with Crippen LogP contribution >= 0.6 is 19.7 Å². The Morgan fingerprint density at radius 2 is 1.90 bits per heavy atom. The molecule has 0 amide bonds. The molecule has 1 unspecified atom stereocenters. The summed E-state index contributed by atoms with van der Waals surface area (Å²) in [4.78, 5) is 8.64. The average Bonchev–Trinajstić information content (AvgIpc) is 1.60. The van der Waals surface area contributed by atoms with Gasteiger partial charge in [-0.25, -0.2) is 4.57 Å². The van der Waals surface area contributed by atoms with Crippen LogP contribution in [0, 0.1) is 0 Å². The molecule has 0 radical (unpaired) electrons. The fourth-order valence-electron chi connectivity index (χ4n) is 0.360. The fourth-order valence-corrected chi connectivity index (χ4v) is 1.17. The maximum Gasteiger partial charge on any atom is 0.489 e. The van der Waals surface area contributed by atoms with Gasteiger partial charge in [-0.3, -0.25) is 4.52 Å². The zero-order valence-electron chi connectivity index (χ0n) is 6.00. The van der Waals surface area contributed by atoms with E-state index in [1.54, 1.807) is 20.8 Å². The van der Waals surface area contributed by atoms with Gasteiger partial charge >= 0.3 is 7.82 Å². The Bertz CT molecular complexity index is 152.